The van der Waals surface area contributed by atoms with Gasteiger partial charge in [-0.3, -0.25) is 0 Å². The van der Waals surface area contributed by atoms with E-state index in [-0.39, 0.29) is 0 Å². The lowest BCUT2D eigenvalue weighted by molar-refractivity contribution is 0.482. The quantitative estimate of drug-likeness (QED) is 0.758. The first-order valence-corrected chi connectivity index (χ1v) is 5.71. The molecule has 0 spiro atoms. The summed E-state index contributed by atoms with van der Waals surface area (Å²) in [6.45, 7) is 1.95. The summed E-state index contributed by atoms with van der Waals surface area (Å²) >= 11 is 10.2. The molecule has 82 valence electrons. The zero-order valence-electron chi connectivity index (χ0n) is 8.77. The van der Waals surface area contributed by atoms with Crippen molar-refractivity contribution in [3.8, 4) is 11.5 Å². The second-order valence-electron chi connectivity index (χ2n) is 3.51. The zero-order valence-corrected chi connectivity index (χ0v) is 10.4. The number of benzene rings is 2. The molecule has 0 saturated heterocycles. The highest BCUT2D eigenvalue weighted by molar-refractivity contribution is 7.80. The fraction of sp³-hybridized carbons (Fsp3) is 0.0769. The number of hydrogen-bond donors (Lipinski definition) is 1. The summed E-state index contributed by atoms with van der Waals surface area (Å²) in [5, 5.41) is 0.748. The normalized spacial score (nSPS) is 10.2. The summed E-state index contributed by atoms with van der Waals surface area (Å²) in [5.41, 5.74) is 1.00. The fourth-order valence-electron chi connectivity index (χ4n) is 1.33. The van der Waals surface area contributed by atoms with Crippen LogP contribution in [0.25, 0.3) is 0 Å². The van der Waals surface area contributed by atoms with E-state index in [9.17, 15) is 0 Å². The highest BCUT2D eigenvalue weighted by atomic mass is 35.5. The topological polar surface area (TPSA) is 9.23 Å². The third-order valence-electron chi connectivity index (χ3n) is 2.20. The second-order valence-corrected chi connectivity index (χ2v) is 4.43. The summed E-state index contributed by atoms with van der Waals surface area (Å²) in [7, 11) is 0. The first-order valence-electron chi connectivity index (χ1n) is 4.88. The number of hydrogen-bond acceptors (Lipinski definition) is 2. The Kier molecular flexibility index (Phi) is 3.42. The van der Waals surface area contributed by atoms with Gasteiger partial charge in [-0.1, -0.05) is 11.6 Å². The van der Waals surface area contributed by atoms with Gasteiger partial charge in [-0.25, -0.2) is 0 Å². The molecule has 0 unspecified atom stereocenters. The van der Waals surface area contributed by atoms with Gasteiger partial charge in [-0.2, -0.15) is 0 Å². The van der Waals surface area contributed by atoms with Crippen LogP contribution in [0.5, 0.6) is 11.5 Å². The van der Waals surface area contributed by atoms with E-state index in [2.05, 4.69) is 12.6 Å². The monoisotopic (exact) mass is 250 g/mol. The minimum absolute atomic E-state index is 0.748. The van der Waals surface area contributed by atoms with Crippen LogP contribution in [-0.2, 0) is 0 Å². The third-order valence-corrected chi connectivity index (χ3v) is 2.92. The highest BCUT2D eigenvalue weighted by Crippen LogP contribution is 2.26. The first-order chi connectivity index (χ1) is 7.65. The molecule has 0 fully saturated rings. The Morgan fingerprint density at radius 3 is 2.25 bits per heavy atom. The average molecular weight is 251 g/mol. The summed E-state index contributed by atoms with van der Waals surface area (Å²) in [6, 6.07) is 13.1. The smallest absolute Gasteiger partial charge is 0.127 e. The number of ether oxygens (including phenoxy) is 1. The molecule has 2 aromatic carbocycles. The van der Waals surface area contributed by atoms with Gasteiger partial charge in [0, 0.05) is 9.92 Å². The van der Waals surface area contributed by atoms with E-state index in [1.165, 1.54) is 0 Å². The van der Waals surface area contributed by atoms with E-state index in [0.29, 0.717) is 0 Å². The van der Waals surface area contributed by atoms with E-state index < -0.39 is 0 Å². The molecular weight excluding hydrogens is 240 g/mol. The molecular formula is C13H11ClOS. The predicted octanol–water partition coefficient (Wildman–Crippen LogP) is 4.73. The third kappa shape index (κ3) is 2.71. The van der Waals surface area contributed by atoms with Crippen LogP contribution in [0.4, 0.5) is 0 Å². The van der Waals surface area contributed by atoms with Crippen LogP contribution in [0.15, 0.2) is 47.4 Å². The molecule has 0 saturated carbocycles. The maximum absolute atomic E-state index is 5.94. The molecule has 0 atom stereocenters. The molecule has 0 aliphatic rings. The van der Waals surface area contributed by atoms with Gasteiger partial charge in [-0.15, -0.1) is 12.6 Å². The SMILES string of the molecule is Cc1cc(Oc2ccc(S)cc2)ccc1Cl. The van der Waals surface area contributed by atoms with E-state index in [1.54, 1.807) is 0 Å². The standard InChI is InChI=1S/C13H11ClOS/c1-9-8-11(4-7-13(9)14)15-10-2-5-12(16)6-3-10/h2-8,16H,1H3. The molecule has 0 heterocycles. The molecule has 2 aromatic rings. The molecule has 16 heavy (non-hydrogen) atoms. The molecule has 0 bridgehead atoms. The number of thiol groups is 1. The van der Waals surface area contributed by atoms with E-state index in [4.69, 9.17) is 16.3 Å². The Balaban J connectivity index is 2.20. The summed E-state index contributed by atoms with van der Waals surface area (Å²) in [6.07, 6.45) is 0. The molecule has 0 aliphatic heterocycles. The molecule has 0 amide bonds. The summed E-state index contributed by atoms with van der Waals surface area (Å²) in [5.74, 6) is 1.58. The van der Waals surface area contributed by atoms with Crippen molar-refractivity contribution < 1.29 is 4.74 Å². The predicted molar refractivity (Wildman–Crippen MR) is 70.0 cm³/mol. The van der Waals surface area contributed by atoms with Crippen LogP contribution in [0.3, 0.4) is 0 Å². The van der Waals surface area contributed by atoms with Gasteiger partial charge in [0.1, 0.15) is 11.5 Å². The van der Waals surface area contributed by atoms with Crippen molar-refractivity contribution in [2.45, 2.75) is 11.8 Å². The Labute approximate surface area is 105 Å². The molecule has 0 aliphatic carbocycles. The van der Waals surface area contributed by atoms with E-state index in [0.717, 1.165) is 27.0 Å². The van der Waals surface area contributed by atoms with Gasteiger partial charge in [0.2, 0.25) is 0 Å². The zero-order chi connectivity index (χ0) is 11.5. The molecule has 1 nitrogen and oxygen atoms in total. The van der Waals surface area contributed by atoms with Crippen LogP contribution >= 0.6 is 24.2 Å². The van der Waals surface area contributed by atoms with Crippen LogP contribution in [-0.4, -0.2) is 0 Å². The molecule has 0 aromatic heterocycles. The van der Waals surface area contributed by atoms with Crippen molar-refractivity contribution in [3.05, 3.63) is 53.1 Å². The average Bonchev–Trinajstić information content (AvgIpc) is 2.27. The van der Waals surface area contributed by atoms with Crippen molar-refractivity contribution in [1.29, 1.82) is 0 Å². The Bertz CT molecular complexity index is 494. The van der Waals surface area contributed by atoms with Crippen LogP contribution in [0, 0.1) is 6.92 Å². The first kappa shape index (κ1) is 11.4. The lowest BCUT2D eigenvalue weighted by Gasteiger charge is -2.07. The van der Waals surface area contributed by atoms with Crippen molar-refractivity contribution in [1.82, 2.24) is 0 Å². The lowest BCUT2D eigenvalue weighted by atomic mass is 10.2. The second kappa shape index (κ2) is 4.81. The minimum Gasteiger partial charge on any atom is -0.457 e. The maximum Gasteiger partial charge on any atom is 0.127 e. The number of aryl methyl sites for hydroxylation is 1. The largest absolute Gasteiger partial charge is 0.457 e. The van der Waals surface area contributed by atoms with Crippen molar-refractivity contribution in [2.24, 2.45) is 0 Å². The Morgan fingerprint density at radius 2 is 1.62 bits per heavy atom. The number of rotatable bonds is 2. The maximum atomic E-state index is 5.94. The Hall–Kier alpha value is -1.12. The molecule has 2 rings (SSSR count). The summed E-state index contributed by atoms with van der Waals surface area (Å²) in [4.78, 5) is 0.916. The van der Waals surface area contributed by atoms with Gasteiger partial charge >= 0.3 is 0 Å². The molecule has 0 N–H and O–H groups in total. The molecule has 0 radical (unpaired) electrons. The lowest BCUT2D eigenvalue weighted by Crippen LogP contribution is -1.85. The van der Waals surface area contributed by atoms with Crippen molar-refractivity contribution in [2.75, 3.05) is 0 Å². The fourth-order valence-corrected chi connectivity index (χ4v) is 1.60. The summed E-state index contributed by atoms with van der Waals surface area (Å²) < 4.78 is 5.68. The van der Waals surface area contributed by atoms with E-state index >= 15 is 0 Å². The van der Waals surface area contributed by atoms with Crippen LogP contribution in [0.1, 0.15) is 5.56 Å². The van der Waals surface area contributed by atoms with Crippen LogP contribution < -0.4 is 4.74 Å². The Morgan fingerprint density at radius 1 is 1.00 bits per heavy atom. The highest BCUT2D eigenvalue weighted by Gasteiger charge is 2.00. The van der Waals surface area contributed by atoms with Gasteiger partial charge in [0.05, 0.1) is 0 Å². The van der Waals surface area contributed by atoms with Crippen molar-refractivity contribution in [3.63, 3.8) is 0 Å². The minimum atomic E-state index is 0.748. The van der Waals surface area contributed by atoms with Crippen LogP contribution in [0.2, 0.25) is 5.02 Å². The van der Waals surface area contributed by atoms with Crippen molar-refractivity contribution >= 4 is 24.2 Å². The molecule has 3 heteroatoms. The number of halogens is 1. The van der Waals surface area contributed by atoms with Gasteiger partial charge in [-0.05, 0) is 55.0 Å². The van der Waals surface area contributed by atoms with E-state index in [1.807, 2.05) is 49.4 Å². The van der Waals surface area contributed by atoms with Gasteiger partial charge in [0.15, 0.2) is 0 Å². The van der Waals surface area contributed by atoms with Gasteiger partial charge < -0.3 is 4.74 Å². The van der Waals surface area contributed by atoms with Gasteiger partial charge in [0.25, 0.3) is 0 Å².